The molecule has 0 saturated heterocycles. The molecule has 0 amide bonds. The summed E-state index contributed by atoms with van der Waals surface area (Å²) in [6, 6.07) is 0. The first-order chi connectivity index (χ1) is 4.98. The second-order valence-electron chi connectivity index (χ2n) is 2.85. The lowest BCUT2D eigenvalue weighted by molar-refractivity contribution is -0.141. The van der Waals surface area contributed by atoms with E-state index in [0.29, 0.717) is 6.54 Å². The molecule has 0 radical (unpaired) electrons. The normalized spacial score (nSPS) is 15.9. The van der Waals surface area contributed by atoms with Crippen molar-refractivity contribution in [3.05, 3.63) is 0 Å². The highest BCUT2D eigenvalue weighted by atomic mass is 16.4. The molecule has 0 saturated carbocycles. The molecule has 4 nitrogen and oxygen atoms in total. The van der Waals surface area contributed by atoms with E-state index >= 15 is 0 Å². The Hall–Kier alpha value is -0.610. The number of aliphatic hydroxyl groups is 1. The van der Waals surface area contributed by atoms with Crippen LogP contribution in [0, 0.1) is 0 Å². The van der Waals surface area contributed by atoms with Crippen molar-refractivity contribution in [3.8, 4) is 0 Å². The van der Waals surface area contributed by atoms with Crippen molar-refractivity contribution in [1.82, 2.24) is 5.32 Å². The number of likely N-dealkylation sites (N-methyl/N-ethyl adjacent to an activating group) is 1. The summed E-state index contributed by atoms with van der Waals surface area (Å²) in [4.78, 5) is 10.2. The van der Waals surface area contributed by atoms with Gasteiger partial charge in [0.05, 0.1) is 12.0 Å². The van der Waals surface area contributed by atoms with Crippen molar-refractivity contribution in [2.75, 3.05) is 13.1 Å². The molecule has 1 unspecified atom stereocenters. The molecule has 0 aromatic heterocycles. The molecule has 0 fully saturated rings. The van der Waals surface area contributed by atoms with Crippen LogP contribution >= 0.6 is 0 Å². The van der Waals surface area contributed by atoms with E-state index in [9.17, 15) is 9.90 Å². The summed E-state index contributed by atoms with van der Waals surface area (Å²) < 4.78 is 0. The Morgan fingerprint density at radius 1 is 1.64 bits per heavy atom. The molecule has 0 aromatic carbocycles. The Balaban J connectivity index is 3.70. The maximum absolute atomic E-state index is 10.2. The Morgan fingerprint density at radius 2 is 2.18 bits per heavy atom. The average molecular weight is 161 g/mol. The van der Waals surface area contributed by atoms with Gasteiger partial charge in [-0.25, -0.2) is 0 Å². The van der Waals surface area contributed by atoms with Gasteiger partial charge in [0.1, 0.15) is 0 Å². The SMILES string of the molecule is CCNCC(C)(O)CC(=O)O. The average Bonchev–Trinajstić information content (AvgIpc) is 1.81. The van der Waals surface area contributed by atoms with E-state index in [4.69, 9.17) is 5.11 Å². The largest absolute Gasteiger partial charge is 0.481 e. The molecular formula is C7H15NO3. The number of carboxylic acid groups (broad SMARTS) is 1. The zero-order valence-electron chi connectivity index (χ0n) is 6.92. The van der Waals surface area contributed by atoms with Gasteiger partial charge in [-0.2, -0.15) is 0 Å². The fraction of sp³-hybridized carbons (Fsp3) is 0.857. The van der Waals surface area contributed by atoms with Gasteiger partial charge in [0, 0.05) is 6.54 Å². The van der Waals surface area contributed by atoms with Gasteiger partial charge in [-0.3, -0.25) is 4.79 Å². The van der Waals surface area contributed by atoms with Crippen LogP contribution < -0.4 is 5.32 Å². The highest BCUT2D eigenvalue weighted by Gasteiger charge is 2.22. The van der Waals surface area contributed by atoms with Gasteiger partial charge >= 0.3 is 5.97 Å². The highest BCUT2D eigenvalue weighted by Crippen LogP contribution is 2.06. The maximum atomic E-state index is 10.2. The van der Waals surface area contributed by atoms with E-state index in [1.54, 1.807) is 0 Å². The van der Waals surface area contributed by atoms with Gasteiger partial charge in [-0.05, 0) is 13.5 Å². The molecule has 3 N–H and O–H groups in total. The fourth-order valence-corrected chi connectivity index (χ4v) is 0.783. The first kappa shape index (κ1) is 10.4. The summed E-state index contributed by atoms with van der Waals surface area (Å²) in [6.07, 6.45) is -0.222. The van der Waals surface area contributed by atoms with Crippen LogP contribution in [0.2, 0.25) is 0 Å². The molecular weight excluding hydrogens is 146 g/mol. The summed E-state index contributed by atoms with van der Waals surface area (Å²) in [5.41, 5.74) is -1.14. The van der Waals surface area contributed by atoms with Crippen molar-refractivity contribution < 1.29 is 15.0 Å². The number of carbonyl (C=O) groups is 1. The van der Waals surface area contributed by atoms with E-state index in [-0.39, 0.29) is 6.42 Å². The lowest BCUT2D eigenvalue weighted by atomic mass is 10.0. The molecule has 0 bridgehead atoms. The third-order valence-electron chi connectivity index (χ3n) is 1.29. The first-order valence-electron chi connectivity index (χ1n) is 3.63. The molecule has 11 heavy (non-hydrogen) atoms. The number of nitrogens with one attached hydrogen (secondary N) is 1. The Kier molecular flexibility index (Phi) is 4.07. The summed E-state index contributed by atoms with van der Waals surface area (Å²) in [5, 5.41) is 20.6. The molecule has 0 heterocycles. The van der Waals surface area contributed by atoms with E-state index < -0.39 is 11.6 Å². The lowest BCUT2D eigenvalue weighted by Crippen LogP contribution is -2.39. The maximum Gasteiger partial charge on any atom is 0.306 e. The third-order valence-corrected chi connectivity index (χ3v) is 1.29. The second kappa shape index (κ2) is 4.31. The summed E-state index contributed by atoms with van der Waals surface area (Å²) in [6.45, 7) is 4.45. The van der Waals surface area contributed by atoms with Gasteiger partial charge < -0.3 is 15.5 Å². The van der Waals surface area contributed by atoms with Gasteiger partial charge in [0.25, 0.3) is 0 Å². The number of hydrogen-bond donors (Lipinski definition) is 3. The molecule has 0 aromatic rings. The molecule has 0 aliphatic carbocycles. The highest BCUT2D eigenvalue weighted by molar-refractivity contribution is 5.68. The topological polar surface area (TPSA) is 69.6 Å². The first-order valence-corrected chi connectivity index (χ1v) is 3.63. The van der Waals surface area contributed by atoms with Crippen LogP contribution in [0.5, 0.6) is 0 Å². The number of aliphatic carboxylic acids is 1. The molecule has 66 valence electrons. The van der Waals surface area contributed by atoms with Crippen LogP contribution in [0.3, 0.4) is 0 Å². The summed E-state index contributed by atoms with van der Waals surface area (Å²) >= 11 is 0. The van der Waals surface area contributed by atoms with Crippen molar-refractivity contribution in [2.45, 2.75) is 25.9 Å². The monoisotopic (exact) mass is 161 g/mol. The van der Waals surface area contributed by atoms with Crippen LogP contribution in [-0.4, -0.2) is 34.9 Å². The van der Waals surface area contributed by atoms with Crippen molar-refractivity contribution >= 4 is 5.97 Å². The quantitative estimate of drug-likeness (QED) is 0.523. The van der Waals surface area contributed by atoms with Gasteiger partial charge in [-0.1, -0.05) is 6.92 Å². The summed E-state index contributed by atoms with van der Waals surface area (Å²) in [5.74, 6) is -0.979. The van der Waals surface area contributed by atoms with E-state index in [2.05, 4.69) is 5.32 Å². The van der Waals surface area contributed by atoms with E-state index in [1.165, 1.54) is 6.92 Å². The Morgan fingerprint density at radius 3 is 2.55 bits per heavy atom. The fourth-order valence-electron chi connectivity index (χ4n) is 0.783. The van der Waals surface area contributed by atoms with E-state index in [1.807, 2.05) is 6.92 Å². The zero-order chi connectivity index (χ0) is 8.91. The van der Waals surface area contributed by atoms with Crippen molar-refractivity contribution in [1.29, 1.82) is 0 Å². The van der Waals surface area contributed by atoms with Gasteiger partial charge in [-0.15, -0.1) is 0 Å². The summed E-state index contributed by atoms with van der Waals surface area (Å²) in [7, 11) is 0. The van der Waals surface area contributed by atoms with Gasteiger partial charge in [0.15, 0.2) is 0 Å². The van der Waals surface area contributed by atoms with E-state index in [0.717, 1.165) is 6.54 Å². The minimum atomic E-state index is -1.14. The third kappa shape index (κ3) is 5.82. The lowest BCUT2D eigenvalue weighted by Gasteiger charge is -2.20. The zero-order valence-corrected chi connectivity index (χ0v) is 6.92. The molecule has 0 rings (SSSR count). The number of carboxylic acids is 1. The second-order valence-corrected chi connectivity index (χ2v) is 2.85. The minimum absolute atomic E-state index is 0.222. The number of rotatable bonds is 5. The predicted molar refractivity (Wildman–Crippen MR) is 41.4 cm³/mol. The van der Waals surface area contributed by atoms with Crippen LogP contribution in [0.4, 0.5) is 0 Å². The smallest absolute Gasteiger partial charge is 0.306 e. The van der Waals surface area contributed by atoms with Crippen LogP contribution in [0.1, 0.15) is 20.3 Å². The number of hydrogen-bond acceptors (Lipinski definition) is 3. The molecule has 0 aliphatic rings. The van der Waals surface area contributed by atoms with Gasteiger partial charge in [0.2, 0.25) is 0 Å². The Bertz CT molecular complexity index is 134. The van der Waals surface area contributed by atoms with Crippen molar-refractivity contribution in [2.24, 2.45) is 0 Å². The van der Waals surface area contributed by atoms with Crippen molar-refractivity contribution in [3.63, 3.8) is 0 Å². The molecule has 0 spiro atoms. The molecule has 0 aliphatic heterocycles. The van der Waals surface area contributed by atoms with Crippen LogP contribution in [-0.2, 0) is 4.79 Å². The van der Waals surface area contributed by atoms with Crippen LogP contribution in [0.25, 0.3) is 0 Å². The molecule has 1 atom stereocenters. The predicted octanol–water partition coefficient (Wildman–Crippen LogP) is -0.178. The minimum Gasteiger partial charge on any atom is -0.481 e. The Labute approximate surface area is 66.2 Å². The van der Waals surface area contributed by atoms with Crippen LogP contribution in [0.15, 0.2) is 0 Å². The standard InChI is InChI=1S/C7H15NO3/c1-3-8-5-7(2,11)4-6(9)10/h8,11H,3-5H2,1-2H3,(H,9,10). The molecule has 4 heteroatoms.